The van der Waals surface area contributed by atoms with Crippen molar-refractivity contribution < 1.29 is 13.9 Å². The second-order valence-electron chi connectivity index (χ2n) is 6.24. The average Bonchev–Trinajstić information content (AvgIpc) is 2.61. The van der Waals surface area contributed by atoms with E-state index in [1.165, 1.54) is 6.07 Å². The van der Waals surface area contributed by atoms with Crippen molar-refractivity contribution in [2.75, 3.05) is 0 Å². The molecule has 4 nitrogen and oxygen atoms in total. The van der Waals surface area contributed by atoms with Crippen LogP contribution in [-0.2, 0) is 11.2 Å². The number of ether oxygens (including phenoxy) is 1. The Labute approximate surface area is 151 Å². The molecule has 1 N–H and O–H groups in total. The molecule has 132 valence electrons. The van der Waals surface area contributed by atoms with Gasteiger partial charge in [0.2, 0.25) is 11.8 Å². The molecule has 1 aliphatic carbocycles. The zero-order chi connectivity index (χ0) is 17.6. The number of amides is 1. The number of rotatable bonds is 5. The zero-order valence-electron chi connectivity index (χ0n) is 13.8. The van der Waals surface area contributed by atoms with Gasteiger partial charge in [-0.15, -0.1) is 0 Å². The van der Waals surface area contributed by atoms with Crippen molar-refractivity contribution in [3.05, 3.63) is 59.0 Å². The zero-order valence-corrected chi connectivity index (χ0v) is 14.5. The number of hydrogen-bond acceptors (Lipinski definition) is 3. The third kappa shape index (κ3) is 5.16. The maximum Gasteiger partial charge on any atom is 0.224 e. The van der Waals surface area contributed by atoms with Crippen LogP contribution in [-0.4, -0.2) is 23.0 Å². The van der Waals surface area contributed by atoms with Crippen LogP contribution in [0.3, 0.4) is 0 Å². The van der Waals surface area contributed by atoms with Crippen molar-refractivity contribution >= 4 is 17.5 Å². The Hall–Kier alpha value is -2.14. The lowest BCUT2D eigenvalue weighted by Gasteiger charge is -2.29. The summed E-state index contributed by atoms with van der Waals surface area (Å²) in [5, 5.41) is 3.57. The van der Waals surface area contributed by atoms with E-state index in [2.05, 4.69) is 10.3 Å². The molecule has 1 fully saturated rings. The highest BCUT2D eigenvalue weighted by atomic mass is 35.5. The maximum atomic E-state index is 13.6. The summed E-state index contributed by atoms with van der Waals surface area (Å²) < 4.78 is 19.4. The molecule has 1 amide bonds. The normalized spacial score (nSPS) is 20.1. The minimum absolute atomic E-state index is 0.0673. The van der Waals surface area contributed by atoms with Gasteiger partial charge in [0.15, 0.2) is 0 Å². The van der Waals surface area contributed by atoms with E-state index < -0.39 is 0 Å². The summed E-state index contributed by atoms with van der Waals surface area (Å²) >= 11 is 5.81. The molecule has 0 spiro atoms. The maximum absolute atomic E-state index is 13.6. The first-order valence-electron chi connectivity index (χ1n) is 8.41. The summed E-state index contributed by atoms with van der Waals surface area (Å²) in [6.07, 6.45) is 5.07. The van der Waals surface area contributed by atoms with Crippen molar-refractivity contribution in [1.29, 1.82) is 0 Å². The lowest BCUT2D eigenvalue weighted by atomic mass is 9.92. The van der Waals surface area contributed by atoms with Crippen LogP contribution in [0.5, 0.6) is 5.88 Å². The predicted molar refractivity (Wildman–Crippen MR) is 94.2 cm³/mol. The third-order valence-electron chi connectivity index (χ3n) is 4.34. The minimum Gasteiger partial charge on any atom is -0.474 e. The molecular weight excluding hydrogens is 343 g/mol. The molecule has 3 rings (SSSR count). The molecule has 1 heterocycles. The Morgan fingerprint density at radius 3 is 2.64 bits per heavy atom. The van der Waals surface area contributed by atoms with Crippen LogP contribution in [0.25, 0.3) is 0 Å². The Morgan fingerprint density at radius 1 is 1.20 bits per heavy atom. The quantitative estimate of drug-likeness (QED) is 0.877. The van der Waals surface area contributed by atoms with Gasteiger partial charge in [-0.3, -0.25) is 4.79 Å². The van der Waals surface area contributed by atoms with E-state index in [0.717, 1.165) is 25.7 Å². The van der Waals surface area contributed by atoms with Gasteiger partial charge in [-0.2, -0.15) is 0 Å². The Kier molecular flexibility index (Phi) is 5.87. The summed E-state index contributed by atoms with van der Waals surface area (Å²) in [4.78, 5) is 16.2. The summed E-state index contributed by atoms with van der Waals surface area (Å²) in [6.45, 7) is 0. The van der Waals surface area contributed by atoms with Gasteiger partial charge in [0.05, 0.1) is 11.4 Å². The number of carbonyl (C=O) groups is 1. The van der Waals surface area contributed by atoms with E-state index in [1.807, 2.05) is 0 Å². The van der Waals surface area contributed by atoms with Crippen LogP contribution in [0.15, 0.2) is 42.6 Å². The SMILES string of the molecule is O=C(Cc1ccccc1F)NC1CCC(Oc2ccc(Cl)cn2)CC1. The highest BCUT2D eigenvalue weighted by Gasteiger charge is 2.24. The van der Waals surface area contributed by atoms with E-state index in [4.69, 9.17) is 16.3 Å². The van der Waals surface area contributed by atoms with E-state index in [-0.39, 0.29) is 30.3 Å². The second kappa shape index (κ2) is 8.30. The fourth-order valence-electron chi connectivity index (χ4n) is 3.02. The average molecular weight is 363 g/mol. The van der Waals surface area contributed by atoms with E-state index in [9.17, 15) is 9.18 Å². The standard InChI is InChI=1S/C19H20ClFN2O2/c20-14-5-10-19(22-12-14)25-16-8-6-15(7-9-16)23-18(24)11-13-3-1-2-4-17(13)21/h1-5,10,12,15-16H,6-9,11H2,(H,23,24). The molecule has 0 radical (unpaired) electrons. The Balaban J connectivity index is 1.43. The highest BCUT2D eigenvalue weighted by molar-refractivity contribution is 6.30. The molecule has 0 saturated heterocycles. The molecule has 25 heavy (non-hydrogen) atoms. The number of halogens is 2. The van der Waals surface area contributed by atoms with Crippen molar-refractivity contribution in [1.82, 2.24) is 10.3 Å². The van der Waals surface area contributed by atoms with Crippen molar-refractivity contribution in [3.63, 3.8) is 0 Å². The first-order chi connectivity index (χ1) is 12.1. The van der Waals surface area contributed by atoms with Crippen LogP contribution in [0.4, 0.5) is 4.39 Å². The van der Waals surface area contributed by atoms with E-state index in [0.29, 0.717) is 16.5 Å². The molecule has 6 heteroatoms. The number of nitrogens with zero attached hydrogens (tertiary/aromatic N) is 1. The van der Waals surface area contributed by atoms with E-state index in [1.54, 1.807) is 36.5 Å². The summed E-state index contributed by atoms with van der Waals surface area (Å²) in [7, 11) is 0. The fraction of sp³-hybridized carbons (Fsp3) is 0.368. The number of nitrogens with one attached hydrogen (secondary N) is 1. The molecule has 1 aliphatic rings. The summed E-state index contributed by atoms with van der Waals surface area (Å²) in [6, 6.07) is 9.97. The number of carbonyl (C=O) groups excluding carboxylic acids is 1. The van der Waals surface area contributed by atoms with Gasteiger partial charge < -0.3 is 10.1 Å². The number of hydrogen-bond donors (Lipinski definition) is 1. The van der Waals surface area contributed by atoms with Gasteiger partial charge in [0.1, 0.15) is 11.9 Å². The summed E-state index contributed by atoms with van der Waals surface area (Å²) in [5.41, 5.74) is 0.422. The van der Waals surface area contributed by atoms with Gasteiger partial charge in [0, 0.05) is 18.3 Å². The van der Waals surface area contributed by atoms with E-state index >= 15 is 0 Å². The number of benzene rings is 1. The second-order valence-corrected chi connectivity index (χ2v) is 6.68. The van der Waals surface area contributed by atoms with Gasteiger partial charge in [-0.1, -0.05) is 29.8 Å². The van der Waals surface area contributed by atoms with Crippen molar-refractivity contribution in [2.45, 2.75) is 44.2 Å². The molecule has 0 bridgehead atoms. The molecule has 2 aromatic rings. The topological polar surface area (TPSA) is 51.2 Å². The molecule has 0 atom stereocenters. The van der Waals surface area contributed by atoms with Crippen LogP contribution in [0.2, 0.25) is 5.02 Å². The Morgan fingerprint density at radius 2 is 1.96 bits per heavy atom. The molecular formula is C19H20ClFN2O2. The van der Waals surface area contributed by atoms with Crippen molar-refractivity contribution in [2.24, 2.45) is 0 Å². The van der Waals surface area contributed by atoms with Crippen LogP contribution in [0.1, 0.15) is 31.2 Å². The molecule has 1 saturated carbocycles. The van der Waals surface area contributed by atoms with Crippen LogP contribution < -0.4 is 10.1 Å². The molecule has 1 aromatic carbocycles. The predicted octanol–water partition coefficient (Wildman–Crippen LogP) is 3.92. The molecule has 0 aliphatic heterocycles. The smallest absolute Gasteiger partial charge is 0.224 e. The van der Waals surface area contributed by atoms with Gasteiger partial charge in [0.25, 0.3) is 0 Å². The summed E-state index contributed by atoms with van der Waals surface area (Å²) in [5.74, 6) is 0.0792. The molecule has 1 aromatic heterocycles. The van der Waals surface area contributed by atoms with Crippen LogP contribution in [0, 0.1) is 5.82 Å². The lowest BCUT2D eigenvalue weighted by molar-refractivity contribution is -0.121. The number of pyridine rings is 1. The van der Waals surface area contributed by atoms with Crippen LogP contribution >= 0.6 is 11.6 Å². The lowest BCUT2D eigenvalue weighted by Crippen LogP contribution is -2.40. The largest absolute Gasteiger partial charge is 0.474 e. The fourth-order valence-corrected chi connectivity index (χ4v) is 3.13. The Bertz CT molecular complexity index is 716. The first kappa shape index (κ1) is 17.7. The van der Waals surface area contributed by atoms with Gasteiger partial charge in [-0.05, 0) is 43.4 Å². The van der Waals surface area contributed by atoms with Gasteiger partial charge in [-0.25, -0.2) is 9.37 Å². The number of aromatic nitrogens is 1. The van der Waals surface area contributed by atoms with Gasteiger partial charge >= 0.3 is 0 Å². The monoisotopic (exact) mass is 362 g/mol. The first-order valence-corrected chi connectivity index (χ1v) is 8.79. The van der Waals surface area contributed by atoms with Crippen molar-refractivity contribution in [3.8, 4) is 5.88 Å². The third-order valence-corrected chi connectivity index (χ3v) is 4.56. The minimum atomic E-state index is -0.342. The highest BCUT2D eigenvalue weighted by Crippen LogP contribution is 2.23. The molecule has 0 unspecified atom stereocenters.